The number of hydrogen-bond donors (Lipinski definition) is 2. The average molecular weight is 547 g/mol. The molecule has 0 saturated carbocycles. The molecule has 0 fully saturated rings. The molecule has 0 aliphatic heterocycles. The summed E-state index contributed by atoms with van der Waals surface area (Å²) in [5.41, 5.74) is -1.92. The summed E-state index contributed by atoms with van der Waals surface area (Å²) in [4.78, 5) is 17.4. The molecular formula is C28H20ClF5N2O2. The largest absolute Gasteiger partial charge is 0.508 e. The molecule has 38 heavy (non-hydrogen) atoms. The number of benzene rings is 3. The van der Waals surface area contributed by atoms with E-state index in [0.717, 1.165) is 17.7 Å². The van der Waals surface area contributed by atoms with Crippen molar-refractivity contribution < 1.29 is 31.9 Å². The predicted molar refractivity (Wildman–Crippen MR) is 132 cm³/mol. The van der Waals surface area contributed by atoms with Crippen molar-refractivity contribution in [1.82, 2.24) is 10.3 Å². The van der Waals surface area contributed by atoms with E-state index in [9.17, 15) is 31.9 Å². The van der Waals surface area contributed by atoms with Gasteiger partial charge in [0.1, 0.15) is 17.4 Å². The van der Waals surface area contributed by atoms with E-state index in [-0.39, 0.29) is 24.3 Å². The van der Waals surface area contributed by atoms with Gasteiger partial charge in [-0.3, -0.25) is 9.78 Å². The molecule has 1 heterocycles. The van der Waals surface area contributed by atoms with Gasteiger partial charge in [0.2, 0.25) is 0 Å². The van der Waals surface area contributed by atoms with Crippen LogP contribution >= 0.6 is 11.6 Å². The lowest BCUT2D eigenvalue weighted by molar-refractivity contribution is -0.140. The van der Waals surface area contributed by atoms with Crippen molar-refractivity contribution >= 4 is 17.5 Å². The van der Waals surface area contributed by atoms with E-state index in [1.165, 1.54) is 18.3 Å². The number of halogens is 6. The van der Waals surface area contributed by atoms with Gasteiger partial charge in [0.05, 0.1) is 21.7 Å². The third-order valence-corrected chi connectivity index (χ3v) is 6.31. The number of phenols is 1. The number of nitrogens with zero attached hydrogens (tertiary/aromatic N) is 1. The molecule has 1 amide bonds. The SMILES string of the molecule is O=C(NC[C@@](Cc1ccccc1)(c1cc(O)cc(F)c1)c1ccc(Cl)cn1)c1ccc(F)c(C(F)(F)F)c1. The first-order valence-corrected chi connectivity index (χ1v) is 11.7. The Hall–Kier alpha value is -3.98. The molecule has 0 aliphatic carbocycles. The zero-order valence-electron chi connectivity index (χ0n) is 19.6. The molecular weight excluding hydrogens is 527 g/mol. The second-order valence-electron chi connectivity index (χ2n) is 8.68. The molecule has 0 aliphatic rings. The van der Waals surface area contributed by atoms with Crippen LogP contribution in [0.15, 0.2) is 85.1 Å². The number of amides is 1. The molecule has 3 aromatic carbocycles. The van der Waals surface area contributed by atoms with Gasteiger partial charge in [-0.25, -0.2) is 8.78 Å². The molecule has 0 saturated heterocycles. The maximum Gasteiger partial charge on any atom is 0.419 e. The zero-order chi connectivity index (χ0) is 27.5. The van der Waals surface area contributed by atoms with Crippen molar-refractivity contribution in [1.29, 1.82) is 0 Å². The van der Waals surface area contributed by atoms with Gasteiger partial charge >= 0.3 is 6.18 Å². The van der Waals surface area contributed by atoms with E-state index in [0.29, 0.717) is 22.8 Å². The topological polar surface area (TPSA) is 62.2 Å². The highest BCUT2D eigenvalue weighted by atomic mass is 35.5. The Labute approximate surface area is 219 Å². The number of rotatable bonds is 7. The minimum atomic E-state index is -5.00. The number of pyridine rings is 1. The van der Waals surface area contributed by atoms with Gasteiger partial charge in [-0.05, 0) is 60.0 Å². The predicted octanol–water partition coefficient (Wildman–Crippen LogP) is 6.70. The van der Waals surface area contributed by atoms with Crippen molar-refractivity contribution in [3.63, 3.8) is 0 Å². The van der Waals surface area contributed by atoms with Crippen LogP contribution in [0.3, 0.4) is 0 Å². The van der Waals surface area contributed by atoms with Crippen LogP contribution in [-0.2, 0) is 18.0 Å². The lowest BCUT2D eigenvalue weighted by Crippen LogP contribution is -2.44. The van der Waals surface area contributed by atoms with Gasteiger partial charge in [-0.1, -0.05) is 41.9 Å². The Morgan fingerprint density at radius 2 is 1.68 bits per heavy atom. The highest BCUT2D eigenvalue weighted by Crippen LogP contribution is 2.37. The molecule has 10 heteroatoms. The fourth-order valence-electron chi connectivity index (χ4n) is 4.27. The quantitative estimate of drug-likeness (QED) is 0.254. The fourth-order valence-corrected chi connectivity index (χ4v) is 4.38. The number of carbonyl (C=O) groups is 1. The van der Waals surface area contributed by atoms with Crippen molar-refractivity contribution in [2.24, 2.45) is 0 Å². The van der Waals surface area contributed by atoms with Gasteiger partial charge in [0.15, 0.2) is 0 Å². The summed E-state index contributed by atoms with van der Waals surface area (Å²) in [7, 11) is 0. The summed E-state index contributed by atoms with van der Waals surface area (Å²) in [5, 5.41) is 13.1. The third kappa shape index (κ3) is 5.94. The molecule has 1 atom stereocenters. The number of alkyl halides is 3. The van der Waals surface area contributed by atoms with Crippen LogP contribution in [0.25, 0.3) is 0 Å². The van der Waals surface area contributed by atoms with E-state index in [2.05, 4.69) is 10.3 Å². The number of phenolic OH excluding ortho intramolecular Hbond substituents is 1. The lowest BCUT2D eigenvalue weighted by Gasteiger charge is -2.35. The van der Waals surface area contributed by atoms with Gasteiger partial charge in [-0.15, -0.1) is 0 Å². The first-order valence-electron chi connectivity index (χ1n) is 11.3. The summed E-state index contributed by atoms with van der Waals surface area (Å²) in [5.74, 6) is -3.53. The molecule has 0 bridgehead atoms. The Balaban J connectivity index is 1.81. The molecule has 2 N–H and O–H groups in total. The number of aromatic nitrogens is 1. The van der Waals surface area contributed by atoms with Gasteiger partial charge in [0, 0.05) is 24.4 Å². The molecule has 4 rings (SSSR count). The van der Waals surface area contributed by atoms with Crippen molar-refractivity contribution in [3.8, 4) is 5.75 Å². The van der Waals surface area contributed by atoms with Gasteiger partial charge in [-0.2, -0.15) is 13.2 Å². The van der Waals surface area contributed by atoms with E-state index >= 15 is 0 Å². The second kappa shape index (κ2) is 10.8. The van der Waals surface area contributed by atoms with Crippen molar-refractivity contribution in [2.45, 2.75) is 18.0 Å². The third-order valence-electron chi connectivity index (χ3n) is 6.09. The van der Waals surface area contributed by atoms with E-state index in [1.807, 2.05) is 0 Å². The zero-order valence-corrected chi connectivity index (χ0v) is 20.3. The fraction of sp³-hybridized carbons (Fsp3) is 0.143. The van der Waals surface area contributed by atoms with Crippen LogP contribution in [0.4, 0.5) is 22.0 Å². The number of carbonyl (C=O) groups excluding carboxylic acids is 1. The van der Waals surface area contributed by atoms with E-state index in [4.69, 9.17) is 11.6 Å². The minimum absolute atomic E-state index is 0.156. The Kier molecular flexibility index (Phi) is 7.68. The maximum absolute atomic E-state index is 14.5. The monoisotopic (exact) mass is 546 g/mol. The standard InChI is InChI=1S/C28H20ClF5N2O2/c29-20-7-9-25(35-15-20)27(14-17-4-2-1-3-5-17,19-11-21(30)13-22(37)12-19)16-36-26(38)18-6-8-24(31)23(10-18)28(32,33)34/h1-13,15,37H,14,16H2,(H,36,38)/t27-/m0/s1. The first kappa shape index (κ1) is 27.1. The Bertz CT molecular complexity index is 1430. The number of aromatic hydroxyl groups is 1. The molecule has 4 nitrogen and oxygen atoms in total. The maximum atomic E-state index is 14.5. The second-order valence-corrected chi connectivity index (χ2v) is 9.12. The molecule has 196 valence electrons. The Morgan fingerprint density at radius 3 is 2.32 bits per heavy atom. The number of nitrogens with one attached hydrogen (secondary N) is 1. The van der Waals surface area contributed by atoms with Crippen molar-refractivity contribution in [2.75, 3.05) is 6.54 Å². The van der Waals surface area contributed by atoms with E-state index < -0.39 is 40.3 Å². The number of hydrogen-bond acceptors (Lipinski definition) is 3. The summed E-state index contributed by atoms with van der Waals surface area (Å²) < 4.78 is 67.9. The van der Waals surface area contributed by atoms with Crippen LogP contribution in [0.2, 0.25) is 5.02 Å². The summed E-state index contributed by atoms with van der Waals surface area (Å²) in [6.07, 6.45) is -3.47. The van der Waals surface area contributed by atoms with Crippen LogP contribution in [0.5, 0.6) is 5.75 Å². The summed E-state index contributed by atoms with van der Waals surface area (Å²) >= 11 is 6.04. The highest BCUT2D eigenvalue weighted by Gasteiger charge is 2.38. The van der Waals surface area contributed by atoms with Crippen molar-refractivity contribution in [3.05, 3.63) is 130 Å². The van der Waals surface area contributed by atoms with Crippen LogP contribution < -0.4 is 5.32 Å². The van der Waals surface area contributed by atoms with Crippen LogP contribution in [0.1, 0.15) is 32.7 Å². The van der Waals surface area contributed by atoms with E-state index in [1.54, 1.807) is 42.5 Å². The molecule has 0 radical (unpaired) electrons. The van der Waals surface area contributed by atoms with Crippen LogP contribution in [0, 0.1) is 11.6 Å². The smallest absolute Gasteiger partial charge is 0.419 e. The molecule has 1 aromatic heterocycles. The highest BCUT2D eigenvalue weighted by molar-refractivity contribution is 6.30. The summed E-state index contributed by atoms with van der Waals surface area (Å²) in [6.45, 7) is -0.267. The average Bonchev–Trinajstić information content (AvgIpc) is 2.86. The molecule has 0 unspecified atom stereocenters. The summed E-state index contributed by atoms with van der Waals surface area (Å²) in [6, 6.07) is 17.5. The van der Waals surface area contributed by atoms with Crippen LogP contribution in [-0.4, -0.2) is 22.5 Å². The van der Waals surface area contributed by atoms with Gasteiger partial charge < -0.3 is 10.4 Å². The molecule has 4 aromatic rings. The normalized spacial score (nSPS) is 13.1. The Morgan fingerprint density at radius 1 is 0.947 bits per heavy atom. The van der Waals surface area contributed by atoms with Gasteiger partial charge in [0.25, 0.3) is 5.91 Å². The minimum Gasteiger partial charge on any atom is -0.508 e. The molecule has 0 spiro atoms. The lowest BCUT2D eigenvalue weighted by atomic mass is 9.72. The first-order chi connectivity index (χ1) is 18.0.